The van der Waals surface area contributed by atoms with Gasteiger partial charge in [-0.15, -0.1) is 0 Å². The summed E-state index contributed by atoms with van der Waals surface area (Å²) >= 11 is 0. The quantitative estimate of drug-likeness (QED) is 0.0169. The molecule has 622 valence electrons. The minimum atomic E-state index is -4.99. The standard InChI is InChI=1S/C89H154O17P2/c1-5-9-13-17-21-25-29-33-37-39-41-43-47-49-53-57-61-65-69-73-86(91)99-79-84(105-88(93)75-71-67-63-59-55-51-45-35-31-27-23-19-15-11-7-3)81-103-107(95,96)101-77-83(90)78-102-108(97,98)104-82-85(106-89(94)76-72-68-64-60-56-52-46-36-32-28-24-20-16-12-8-4)80-100-87(92)74-70-66-62-58-54-50-48-44-42-40-38-34-30-26-22-18-14-10-6-2/h9,13,21-22,25-26,33-38,41-46,49,53,83-85,90H,5-8,10-12,14-20,23-24,27-32,39-40,47-48,50-52,54-82H2,1-4H3,(H,95,96)(H,97,98)/b13-9-,25-21-,26-22-,37-33-,38-34-,43-41-,44-42-,45-35-,46-36-,53-49-. The summed E-state index contributed by atoms with van der Waals surface area (Å²) in [4.78, 5) is 73.2. The van der Waals surface area contributed by atoms with E-state index >= 15 is 0 Å². The average molecular weight is 1560 g/mol. The molecule has 0 aromatic rings. The van der Waals surface area contributed by atoms with Crippen molar-refractivity contribution in [3.8, 4) is 0 Å². The molecule has 0 aromatic heterocycles. The van der Waals surface area contributed by atoms with Crippen LogP contribution in [0.25, 0.3) is 0 Å². The van der Waals surface area contributed by atoms with Gasteiger partial charge in [-0.25, -0.2) is 9.13 Å². The maximum absolute atomic E-state index is 13.1. The number of esters is 4. The Balaban J connectivity index is 5.41. The van der Waals surface area contributed by atoms with Crippen molar-refractivity contribution in [2.24, 2.45) is 0 Å². The van der Waals surface area contributed by atoms with Crippen molar-refractivity contribution in [1.82, 2.24) is 0 Å². The molecular formula is C89H154O17P2. The van der Waals surface area contributed by atoms with Gasteiger partial charge in [-0.2, -0.15) is 0 Å². The highest BCUT2D eigenvalue weighted by molar-refractivity contribution is 7.47. The first-order valence-electron chi connectivity index (χ1n) is 42.8. The van der Waals surface area contributed by atoms with Gasteiger partial charge >= 0.3 is 39.5 Å². The van der Waals surface area contributed by atoms with Gasteiger partial charge in [0.2, 0.25) is 0 Å². The molecule has 0 bridgehead atoms. The zero-order valence-corrected chi connectivity index (χ0v) is 70.0. The Kier molecular flexibility index (Phi) is 77.1. The van der Waals surface area contributed by atoms with E-state index in [-0.39, 0.29) is 25.7 Å². The van der Waals surface area contributed by atoms with Crippen LogP contribution in [0.2, 0.25) is 0 Å². The van der Waals surface area contributed by atoms with Crippen LogP contribution in [0.3, 0.4) is 0 Å². The number of aliphatic hydroxyl groups excluding tert-OH is 1. The van der Waals surface area contributed by atoms with E-state index in [0.29, 0.717) is 25.7 Å². The van der Waals surface area contributed by atoms with E-state index in [1.165, 1.54) is 96.3 Å². The Morgan fingerprint density at radius 1 is 0.269 bits per heavy atom. The number of ether oxygens (including phenoxy) is 4. The lowest BCUT2D eigenvalue weighted by Crippen LogP contribution is -2.30. The predicted molar refractivity (Wildman–Crippen MR) is 445 cm³/mol. The zero-order chi connectivity index (χ0) is 78.9. The number of unbranched alkanes of at least 4 members (excludes halogenated alkanes) is 34. The third kappa shape index (κ3) is 79.5. The summed E-state index contributed by atoms with van der Waals surface area (Å²) in [6, 6.07) is 0. The second-order valence-corrected chi connectivity index (χ2v) is 31.3. The molecule has 0 saturated heterocycles. The number of phosphoric ester groups is 2. The highest BCUT2D eigenvalue weighted by Crippen LogP contribution is 2.45. The topological polar surface area (TPSA) is 237 Å². The molecule has 108 heavy (non-hydrogen) atoms. The van der Waals surface area contributed by atoms with Crippen molar-refractivity contribution in [3.63, 3.8) is 0 Å². The number of carbonyl (C=O) groups is 4. The number of rotatable bonds is 80. The lowest BCUT2D eigenvalue weighted by Gasteiger charge is -2.21. The highest BCUT2D eigenvalue weighted by atomic mass is 31.2. The van der Waals surface area contributed by atoms with Crippen molar-refractivity contribution < 1.29 is 80.2 Å². The summed E-state index contributed by atoms with van der Waals surface area (Å²) in [5, 5.41) is 10.7. The maximum Gasteiger partial charge on any atom is 0.472 e. The Hall–Kier alpha value is -4.54. The Morgan fingerprint density at radius 3 is 0.778 bits per heavy atom. The number of carbonyl (C=O) groups excluding carboxylic acids is 4. The summed E-state index contributed by atoms with van der Waals surface area (Å²) in [6.45, 7) is 4.70. The Labute approximate surface area is 657 Å². The molecule has 17 nitrogen and oxygen atoms in total. The fourth-order valence-corrected chi connectivity index (χ4v) is 12.9. The van der Waals surface area contributed by atoms with Crippen molar-refractivity contribution in [2.75, 3.05) is 39.6 Å². The average Bonchev–Trinajstić information content (AvgIpc) is 0.923. The van der Waals surface area contributed by atoms with Gasteiger partial charge in [-0.05, 0) is 161 Å². The van der Waals surface area contributed by atoms with Crippen molar-refractivity contribution in [3.05, 3.63) is 122 Å². The summed E-state index contributed by atoms with van der Waals surface area (Å²) < 4.78 is 68.8. The second kappa shape index (κ2) is 80.5. The molecule has 0 amide bonds. The fraction of sp³-hybridized carbons (Fsp3) is 0.730. The first-order chi connectivity index (χ1) is 52.7. The summed E-state index contributed by atoms with van der Waals surface area (Å²) in [6.07, 6.45) is 90.1. The van der Waals surface area contributed by atoms with Crippen LogP contribution in [0.15, 0.2) is 122 Å². The van der Waals surface area contributed by atoms with Crippen LogP contribution < -0.4 is 0 Å². The van der Waals surface area contributed by atoms with Gasteiger partial charge in [0, 0.05) is 25.7 Å². The van der Waals surface area contributed by atoms with Gasteiger partial charge in [0.15, 0.2) is 12.2 Å². The van der Waals surface area contributed by atoms with Crippen molar-refractivity contribution in [1.29, 1.82) is 0 Å². The molecule has 0 heterocycles. The monoisotopic (exact) mass is 1560 g/mol. The van der Waals surface area contributed by atoms with Crippen LogP contribution in [0.5, 0.6) is 0 Å². The van der Waals surface area contributed by atoms with E-state index in [4.69, 9.17) is 37.0 Å². The molecule has 0 spiro atoms. The molecule has 3 N–H and O–H groups in total. The maximum atomic E-state index is 13.1. The second-order valence-electron chi connectivity index (χ2n) is 28.4. The van der Waals surface area contributed by atoms with Gasteiger partial charge < -0.3 is 33.8 Å². The fourth-order valence-electron chi connectivity index (χ4n) is 11.4. The predicted octanol–water partition coefficient (Wildman–Crippen LogP) is 25.5. The number of phosphoric acid groups is 2. The Morgan fingerprint density at radius 2 is 0.481 bits per heavy atom. The van der Waals surface area contributed by atoms with E-state index in [2.05, 4.69) is 149 Å². The Bertz CT molecular complexity index is 2520. The number of hydrogen-bond donors (Lipinski definition) is 3. The molecule has 5 atom stereocenters. The van der Waals surface area contributed by atoms with E-state index in [1.54, 1.807) is 0 Å². The number of allylic oxidation sites excluding steroid dienone is 20. The van der Waals surface area contributed by atoms with Crippen LogP contribution in [-0.4, -0.2) is 96.7 Å². The number of hydrogen-bond acceptors (Lipinski definition) is 15. The number of aliphatic hydroxyl groups is 1. The molecule has 0 rings (SSSR count). The first-order valence-corrected chi connectivity index (χ1v) is 45.8. The van der Waals surface area contributed by atoms with E-state index < -0.39 is 97.5 Å². The molecular weight excluding hydrogens is 1400 g/mol. The lowest BCUT2D eigenvalue weighted by atomic mass is 10.1. The minimum Gasteiger partial charge on any atom is -0.462 e. The molecule has 5 unspecified atom stereocenters. The molecule has 0 fully saturated rings. The molecule has 0 aromatic carbocycles. The van der Waals surface area contributed by atoms with Crippen molar-refractivity contribution >= 4 is 39.5 Å². The molecule has 0 saturated carbocycles. The van der Waals surface area contributed by atoms with Gasteiger partial charge in [0.05, 0.1) is 26.4 Å². The first kappa shape index (κ1) is 103. The van der Waals surface area contributed by atoms with Crippen molar-refractivity contribution in [2.45, 2.75) is 380 Å². The van der Waals surface area contributed by atoms with Crippen LogP contribution in [0.1, 0.15) is 362 Å². The van der Waals surface area contributed by atoms with Gasteiger partial charge in [0.25, 0.3) is 0 Å². The van der Waals surface area contributed by atoms with Crippen LogP contribution >= 0.6 is 15.6 Å². The van der Waals surface area contributed by atoms with Crippen LogP contribution in [-0.2, 0) is 65.4 Å². The smallest absolute Gasteiger partial charge is 0.462 e. The third-order valence-corrected chi connectivity index (χ3v) is 19.8. The normalized spacial score (nSPS) is 14.4. The zero-order valence-electron chi connectivity index (χ0n) is 68.2. The lowest BCUT2D eigenvalue weighted by molar-refractivity contribution is -0.161. The van der Waals surface area contributed by atoms with E-state index in [1.807, 2.05) is 0 Å². The minimum absolute atomic E-state index is 0.0758. The summed E-state index contributed by atoms with van der Waals surface area (Å²) in [5.74, 6) is -2.23. The van der Waals surface area contributed by atoms with Gasteiger partial charge in [-0.1, -0.05) is 297 Å². The van der Waals surface area contributed by atoms with Gasteiger partial charge in [0.1, 0.15) is 19.3 Å². The van der Waals surface area contributed by atoms with E-state index in [9.17, 15) is 43.2 Å². The third-order valence-electron chi connectivity index (χ3n) is 17.9. The SMILES string of the molecule is CC/C=C\C/C=C\C/C=C\C/C=C\C/C=C\CCCCCC(=O)OCC(COP(=O)(O)OCC(O)COP(=O)(O)OCC(COC(=O)CCCCCCCC/C=C\C/C=C\C/C=C\CCCCC)OC(=O)CCCCCCC/C=C\CCCCCCCC)OC(=O)CCCCCCC/C=C\CCCCCCCC. The van der Waals surface area contributed by atoms with Gasteiger partial charge in [-0.3, -0.25) is 37.3 Å². The summed E-state index contributed by atoms with van der Waals surface area (Å²) in [5.41, 5.74) is 0. The largest absolute Gasteiger partial charge is 0.472 e. The molecule has 19 heteroatoms. The van der Waals surface area contributed by atoms with E-state index in [0.717, 1.165) is 186 Å². The summed E-state index contributed by atoms with van der Waals surface area (Å²) in [7, 11) is -9.98. The molecule has 0 aliphatic heterocycles. The van der Waals surface area contributed by atoms with Crippen LogP contribution in [0, 0.1) is 0 Å². The van der Waals surface area contributed by atoms with Crippen LogP contribution in [0.4, 0.5) is 0 Å². The molecule has 0 aliphatic rings. The molecule has 0 aliphatic carbocycles. The highest BCUT2D eigenvalue weighted by Gasteiger charge is 2.30. The molecule has 0 radical (unpaired) electrons.